The molecule has 11 nitrogen and oxygen atoms in total. The molecule has 1 N–H and O–H groups in total. The number of ether oxygens (including phenoxy) is 2. The Balaban J connectivity index is 1.25. The topological polar surface area (TPSA) is 111 Å². The Labute approximate surface area is 242 Å². The zero-order valence-electron chi connectivity index (χ0n) is 24.3. The second kappa shape index (κ2) is 11.9. The standard InChI is InChI=1S/C29H34F2N8O3/c1-18-35-26-22(30)10-20(11-24(26)39(18)17-41-5)21-12-25(32-15-23(21)31)36-27-33-13-19(14-34-27)16-37-6-8-38(9-7-37)28(40)42-29(2,3)4/h10-15H,6-9,16-17H2,1-5H3,(H,32,33,34,36). The second-order valence-electron chi connectivity index (χ2n) is 11.2. The molecule has 0 bridgehead atoms. The predicted octanol–water partition coefficient (Wildman–Crippen LogP) is 4.88. The summed E-state index contributed by atoms with van der Waals surface area (Å²) in [5, 5.41) is 2.99. The molecule has 1 aliphatic heterocycles. The van der Waals surface area contributed by atoms with Gasteiger partial charge >= 0.3 is 6.09 Å². The van der Waals surface area contributed by atoms with Crippen molar-refractivity contribution in [3.63, 3.8) is 0 Å². The van der Waals surface area contributed by atoms with E-state index in [4.69, 9.17) is 9.47 Å². The van der Waals surface area contributed by atoms with E-state index < -0.39 is 17.2 Å². The van der Waals surface area contributed by atoms with E-state index in [9.17, 15) is 13.6 Å². The fourth-order valence-corrected chi connectivity index (χ4v) is 4.76. The molecule has 4 heterocycles. The van der Waals surface area contributed by atoms with Crippen LogP contribution >= 0.6 is 0 Å². The van der Waals surface area contributed by atoms with Gasteiger partial charge in [-0.2, -0.15) is 0 Å². The highest BCUT2D eigenvalue weighted by molar-refractivity contribution is 5.84. The van der Waals surface area contributed by atoms with E-state index in [1.807, 2.05) is 20.8 Å². The Kier molecular flexibility index (Phi) is 8.32. The molecule has 222 valence electrons. The largest absolute Gasteiger partial charge is 0.444 e. The van der Waals surface area contributed by atoms with Crippen LogP contribution in [-0.4, -0.2) is 79.3 Å². The van der Waals surface area contributed by atoms with E-state index in [2.05, 4.69) is 30.2 Å². The zero-order valence-corrected chi connectivity index (χ0v) is 24.3. The lowest BCUT2D eigenvalue weighted by molar-refractivity contribution is 0.0139. The molecule has 1 aliphatic rings. The number of carbonyl (C=O) groups excluding carboxylic acids is 1. The maximum atomic E-state index is 14.9. The van der Waals surface area contributed by atoms with Crippen LogP contribution in [0.5, 0.6) is 0 Å². The number of halogens is 2. The number of hydrogen-bond acceptors (Lipinski definition) is 9. The lowest BCUT2D eigenvalue weighted by Gasteiger charge is -2.35. The molecule has 0 spiro atoms. The average Bonchev–Trinajstić information content (AvgIpc) is 3.26. The van der Waals surface area contributed by atoms with Gasteiger partial charge < -0.3 is 24.3 Å². The Morgan fingerprint density at radius 2 is 1.71 bits per heavy atom. The highest BCUT2D eigenvalue weighted by Gasteiger charge is 2.26. The number of nitrogens with one attached hydrogen (secondary N) is 1. The maximum absolute atomic E-state index is 14.9. The number of nitrogens with zero attached hydrogens (tertiary/aromatic N) is 7. The first-order valence-corrected chi connectivity index (χ1v) is 13.6. The monoisotopic (exact) mass is 580 g/mol. The van der Waals surface area contributed by atoms with Gasteiger partial charge in [-0.05, 0) is 51.5 Å². The molecule has 0 aliphatic carbocycles. The van der Waals surface area contributed by atoms with Crippen molar-refractivity contribution >= 4 is 28.9 Å². The number of rotatable bonds is 7. The molecule has 0 saturated carbocycles. The number of anilines is 2. The third kappa shape index (κ3) is 6.63. The van der Waals surface area contributed by atoms with Crippen molar-refractivity contribution in [3.8, 4) is 11.1 Å². The third-order valence-corrected chi connectivity index (χ3v) is 6.80. The van der Waals surface area contributed by atoms with Gasteiger partial charge in [-0.25, -0.2) is 33.5 Å². The SMILES string of the molecule is COCn1c(C)nc2c(F)cc(-c3cc(Nc4ncc(CN5CCN(C(=O)OC(C)(C)C)CC5)cn4)ncc3F)cc21. The first kappa shape index (κ1) is 29.3. The first-order chi connectivity index (χ1) is 20.0. The Morgan fingerprint density at radius 1 is 1.00 bits per heavy atom. The summed E-state index contributed by atoms with van der Waals surface area (Å²) in [4.78, 5) is 33.4. The molecule has 1 aromatic carbocycles. The predicted molar refractivity (Wildman–Crippen MR) is 153 cm³/mol. The van der Waals surface area contributed by atoms with E-state index in [0.29, 0.717) is 55.4 Å². The average molecular weight is 581 g/mol. The summed E-state index contributed by atoms with van der Waals surface area (Å²) in [5.74, 6) is 0.0193. The smallest absolute Gasteiger partial charge is 0.410 e. The summed E-state index contributed by atoms with van der Waals surface area (Å²) in [6, 6.07) is 4.42. The zero-order chi connectivity index (χ0) is 30.0. The molecule has 3 aromatic heterocycles. The molecule has 4 aromatic rings. The van der Waals surface area contributed by atoms with Crippen LogP contribution in [0.4, 0.5) is 25.3 Å². The number of pyridine rings is 1. The number of fused-ring (bicyclic) bond motifs is 1. The van der Waals surface area contributed by atoms with Crippen molar-refractivity contribution in [3.05, 3.63) is 59.8 Å². The number of methoxy groups -OCH3 is 1. The fourth-order valence-electron chi connectivity index (χ4n) is 4.76. The van der Waals surface area contributed by atoms with Crippen molar-refractivity contribution in [1.29, 1.82) is 0 Å². The molecule has 1 amide bonds. The number of piperazine rings is 1. The van der Waals surface area contributed by atoms with Crippen LogP contribution in [0, 0.1) is 18.6 Å². The van der Waals surface area contributed by atoms with Gasteiger partial charge in [0.25, 0.3) is 0 Å². The highest BCUT2D eigenvalue weighted by atomic mass is 19.1. The van der Waals surface area contributed by atoms with Gasteiger partial charge in [0.2, 0.25) is 5.95 Å². The molecule has 0 unspecified atom stereocenters. The van der Waals surface area contributed by atoms with E-state index in [0.717, 1.165) is 11.8 Å². The summed E-state index contributed by atoms with van der Waals surface area (Å²) in [6.45, 7) is 10.7. The molecular formula is C29H34F2N8O3. The first-order valence-electron chi connectivity index (χ1n) is 13.6. The third-order valence-electron chi connectivity index (χ3n) is 6.80. The number of aryl methyl sites for hydroxylation is 1. The molecular weight excluding hydrogens is 546 g/mol. The molecule has 13 heteroatoms. The fraction of sp³-hybridized carbons (Fsp3) is 0.414. The van der Waals surface area contributed by atoms with Crippen LogP contribution in [0.2, 0.25) is 0 Å². The normalized spacial score (nSPS) is 14.4. The lowest BCUT2D eigenvalue weighted by atomic mass is 10.1. The number of amides is 1. The Morgan fingerprint density at radius 3 is 2.38 bits per heavy atom. The number of carbonyl (C=O) groups is 1. The van der Waals surface area contributed by atoms with Gasteiger partial charge in [-0.3, -0.25) is 4.90 Å². The summed E-state index contributed by atoms with van der Waals surface area (Å²) in [6.07, 6.45) is 4.20. The summed E-state index contributed by atoms with van der Waals surface area (Å²) in [5.41, 5.74) is 1.58. The number of hydrogen-bond donors (Lipinski definition) is 1. The second-order valence-corrected chi connectivity index (χ2v) is 11.2. The van der Waals surface area contributed by atoms with Gasteiger partial charge in [-0.1, -0.05) is 0 Å². The van der Waals surface area contributed by atoms with Gasteiger partial charge in [0.05, 0.1) is 11.7 Å². The highest BCUT2D eigenvalue weighted by Crippen LogP contribution is 2.31. The van der Waals surface area contributed by atoms with Gasteiger partial charge in [0.15, 0.2) is 5.82 Å². The summed E-state index contributed by atoms with van der Waals surface area (Å²) in [7, 11) is 1.54. The van der Waals surface area contributed by atoms with Crippen LogP contribution < -0.4 is 5.32 Å². The van der Waals surface area contributed by atoms with Crippen LogP contribution in [-0.2, 0) is 22.7 Å². The van der Waals surface area contributed by atoms with Crippen LogP contribution in [0.25, 0.3) is 22.2 Å². The van der Waals surface area contributed by atoms with Crippen molar-refractivity contribution in [1.82, 2.24) is 34.3 Å². The Hall–Kier alpha value is -4.23. The summed E-state index contributed by atoms with van der Waals surface area (Å²) >= 11 is 0. The minimum Gasteiger partial charge on any atom is -0.444 e. The van der Waals surface area contributed by atoms with Crippen molar-refractivity contribution in [2.24, 2.45) is 0 Å². The number of benzene rings is 1. The molecule has 42 heavy (non-hydrogen) atoms. The van der Waals surface area contributed by atoms with E-state index in [1.165, 1.54) is 19.2 Å². The van der Waals surface area contributed by atoms with Crippen molar-refractivity contribution < 1.29 is 23.0 Å². The van der Waals surface area contributed by atoms with Gasteiger partial charge in [0, 0.05) is 63.4 Å². The van der Waals surface area contributed by atoms with Gasteiger partial charge in [0.1, 0.15) is 35.3 Å². The molecule has 0 atom stereocenters. The minimum absolute atomic E-state index is 0.165. The molecule has 0 radical (unpaired) electrons. The summed E-state index contributed by atoms with van der Waals surface area (Å²) < 4.78 is 42.2. The van der Waals surface area contributed by atoms with Crippen molar-refractivity contribution in [2.45, 2.75) is 46.6 Å². The Bertz CT molecular complexity index is 1580. The number of imidazole rings is 1. The molecule has 5 rings (SSSR count). The minimum atomic E-state index is -0.600. The number of aromatic nitrogens is 5. The molecule has 1 saturated heterocycles. The van der Waals surface area contributed by atoms with E-state index >= 15 is 0 Å². The van der Waals surface area contributed by atoms with Crippen LogP contribution in [0.1, 0.15) is 32.2 Å². The van der Waals surface area contributed by atoms with E-state index in [1.54, 1.807) is 34.9 Å². The van der Waals surface area contributed by atoms with Gasteiger partial charge in [-0.15, -0.1) is 0 Å². The maximum Gasteiger partial charge on any atom is 0.410 e. The lowest BCUT2D eigenvalue weighted by Crippen LogP contribution is -2.49. The van der Waals surface area contributed by atoms with Crippen molar-refractivity contribution in [2.75, 3.05) is 38.6 Å². The van der Waals surface area contributed by atoms with Crippen LogP contribution in [0.15, 0.2) is 36.8 Å². The quantitative estimate of drug-likeness (QED) is 0.327. The van der Waals surface area contributed by atoms with E-state index in [-0.39, 0.29) is 29.9 Å². The molecule has 1 fully saturated rings. The van der Waals surface area contributed by atoms with Crippen LogP contribution in [0.3, 0.4) is 0 Å².